The molecule has 0 amide bonds. The molecular formula is C11H14N4. The van der Waals surface area contributed by atoms with Gasteiger partial charge in [-0.1, -0.05) is 13.8 Å². The zero-order valence-corrected chi connectivity index (χ0v) is 9.06. The van der Waals surface area contributed by atoms with Crippen LogP contribution in [0.3, 0.4) is 0 Å². The lowest BCUT2D eigenvalue weighted by Crippen LogP contribution is -2.24. The first kappa shape index (κ1) is 9.91. The van der Waals surface area contributed by atoms with Crippen LogP contribution in [0.1, 0.15) is 26.0 Å². The van der Waals surface area contributed by atoms with Crippen LogP contribution in [0.2, 0.25) is 0 Å². The Kier molecular flexibility index (Phi) is 2.31. The van der Waals surface area contributed by atoms with Gasteiger partial charge in [-0.15, -0.1) is 0 Å². The number of hydrogen-bond donors (Lipinski definition) is 0. The third-order valence-corrected chi connectivity index (χ3v) is 2.72. The summed E-state index contributed by atoms with van der Waals surface area (Å²) in [7, 11) is 0. The smallest absolute Gasteiger partial charge is 0.226 e. The van der Waals surface area contributed by atoms with Crippen molar-refractivity contribution in [1.82, 2.24) is 9.97 Å². The molecule has 0 atom stereocenters. The third kappa shape index (κ3) is 2.07. The molecule has 1 aromatic heterocycles. The van der Waals surface area contributed by atoms with E-state index in [-0.39, 0.29) is 0 Å². The standard InChI is InChI=1S/C11H14N4/c1-11(2)4-6-15(8-11)10-13-5-3-9(7-12)14-10/h3,5H,4,6,8H2,1-2H3. The van der Waals surface area contributed by atoms with Crippen LogP contribution in [0, 0.1) is 16.7 Å². The quantitative estimate of drug-likeness (QED) is 0.693. The van der Waals surface area contributed by atoms with Gasteiger partial charge in [-0.05, 0) is 17.9 Å². The molecule has 0 aliphatic carbocycles. The molecule has 0 unspecified atom stereocenters. The van der Waals surface area contributed by atoms with E-state index >= 15 is 0 Å². The Morgan fingerprint density at radius 1 is 1.53 bits per heavy atom. The molecule has 1 aromatic rings. The monoisotopic (exact) mass is 202 g/mol. The largest absolute Gasteiger partial charge is 0.340 e. The van der Waals surface area contributed by atoms with Crippen molar-refractivity contribution >= 4 is 5.95 Å². The van der Waals surface area contributed by atoms with Crippen LogP contribution in [0.4, 0.5) is 5.95 Å². The van der Waals surface area contributed by atoms with Crippen molar-refractivity contribution in [3.8, 4) is 6.07 Å². The Morgan fingerprint density at radius 3 is 2.93 bits per heavy atom. The molecule has 1 fully saturated rings. The van der Waals surface area contributed by atoms with E-state index in [1.807, 2.05) is 6.07 Å². The summed E-state index contributed by atoms with van der Waals surface area (Å²) in [5.74, 6) is 0.680. The second kappa shape index (κ2) is 3.50. The van der Waals surface area contributed by atoms with E-state index in [9.17, 15) is 0 Å². The molecule has 0 radical (unpaired) electrons. The fourth-order valence-corrected chi connectivity index (χ4v) is 1.85. The maximum atomic E-state index is 8.75. The second-order valence-electron chi connectivity index (χ2n) is 4.69. The average Bonchev–Trinajstić information content (AvgIpc) is 2.59. The Morgan fingerprint density at radius 2 is 2.33 bits per heavy atom. The van der Waals surface area contributed by atoms with Gasteiger partial charge in [0, 0.05) is 19.3 Å². The topological polar surface area (TPSA) is 52.8 Å². The average molecular weight is 202 g/mol. The molecular weight excluding hydrogens is 188 g/mol. The highest BCUT2D eigenvalue weighted by Crippen LogP contribution is 2.30. The van der Waals surface area contributed by atoms with Gasteiger partial charge in [-0.2, -0.15) is 5.26 Å². The maximum Gasteiger partial charge on any atom is 0.226 e. The molecule has 1 aliphatic heterocycles. The molecule has 0 saturated carbocycles. The number of nitriles is 1. The predicted octanol–water partition coefficient (Wildman–Crippen LogP) is 1.58. The van der Waals surface area contributed by atoms with Crippen LogP contribution >= 0.6 is 0 Å². The summed E-state index contributed by atoms with van der Waals surface area (Å²) in [6.45, 7) is 6.41. The minimum atomic E-state index is 0.325. The van der Waals surface area contributed by atoms with Gasteiger partial charge in [0.15, 0.2) is 0 Å². The molecule has 1 saturated heterocycles. The Labute approximate surface area is 89.6 Å². The second-order valence-corrected chi connectivity index (χ2v) is 4.69. The van der Waals surface area contributed by atoms with Crippen molar-refractivity contribution in [1.29, 1.82) is 5.26 Å². The van der Waals surface area contributed by atoms with Gasteiger partial charge in [0.2, 0.25) is 5.95 Å². The van der Waals surface area contributed by atoms with Crippen LogP contribution in [-0.2, 0) is 0 Å². The van der Waals surface area contributed by atoms with E-state index in [0.29, 0.717) is 17.1 Å². The molecule has 78 valence electrons. The number of anilines is 1. The van der Waals surface area contributed by atoms with E-state index in [1.165, 1.54) is 0 Å². The van der Waals surface area contributed by atoms with Gasteiger partial charge >= 0.3 is 0 Å². The third-order valence-electron chi connectivity index (χ3n) is 2.72. The maximum absolute atomic E-state index is 8.75. The zero-order chi connectivity index (χ0) is 10.9. The van der Waals surface area contributed by atoms with Crippen LogP contribution in [-0.4, -0.2) is 23.1 Å². The summed E-state index contributed by atoms with van der Waals surface area (Å²) in [6, 6.07) is 3.66. The van der Waals surface area contributed by atoms with Gasteiger partial charge in [0.05, 0.1) is 0 Å². The minimum Gasteiger partial charge on any atom is -0.340 e. The van der Waals surface area contributed by atoms with Crippen molar-refractivity contribution < 1.29 is 0 Å². The van der Waals surface area contributed by atoms with Gasteiger partial charge in [0.1, 0.15) is 11.8 Å². The fourth-order valence-electron chi connectivity index (χ4n) is 1.85. The first-order valence-corrected chi connectivity index (χ1v) is 5.09. The van der Waals surface area contributed by atoms with E-state index in [1.54, 1.807) is 12.3 Å². The van der Waals surface area contributed by atoms with Crippen LogP contribution in [0.25, 0.3) is 0 Å². The molecule has 2 rings (SSSR count). The molecule has 2 heterocycles. The van der Waals surface area contributed by atoms with Crippen molar-refractivity contribution in [2.45, 2.75) is 20.3 Å². The van der Waals surface area contributed by atoms with Crippen LogP contribution in [0.5, 0.6) is 0 Å². The summed E-state index contributed by atoms with van der Waals surface area (Å²) in [5, 5.41) is 8.75. The first-order chi connectivity index (χ1) is 7.11. The summed E-state index contributed by atoms with van der Waals surface area (Å²) in [5.41, 5.74) is 0.760. The van der Waals surface area contributed by atoms with Crippen molar-refractivity contribution in [3.63, 3.8) is 0 Å². The normalized spacial score (nSPS) is 18.9. The van der Waals surface area contributed by atoms with Gasteiger partial charge < -0.3 is 4.90 Å². The molecule has 0 bridgehead atoms. The highest BCUT2D eigenvalue weighted by atomic mass is 15.3. The molecule has 4 heteroatoms. The zero-order valence-electron chi connectivity index (χ0n) is 9.06. The van der Waals surface area contributed by atoms with Gasteiger partial charge in [-0.25, -0.2) is 9.97 Å². The Bertz CT molecular complexity index is 405. The molecule has 0 aromatic carbocycles. The molecule has 0 N–H and O–H groups in total. The Balaban J connectivity index is 2.21. The lowest BCUT2D eigenvalue weighted by atomic mass is 9.93. The summed E-state index contributed by atoms with van der Waals surface area (Å²) in [6.07, 6.45) is 2.79. The van der Waals surface area contributed by atoms with Crippen molar-refractivity contribution in [2.24, 2.45) is 5.41 Å². The summed E-state index contributed by atoms with van der Waals surface area (Å²) < 4.78 is 0. The SMILES string of the molecule is CC1(C)CCN(c2nccc(C#N)n2)C1. The van der Waals surface area contributed by atoms with E-state index in [2.05, 4.69) is 28.7 Å². The summed E-state index contributed by atoms with van der Waals surface area (Å²) >= 11 is 0. The predicted molar refractivity (Wildman–Crippen MR) is 57.4 cm³/mol. The molecule has 4 nitrogen and oxygen atoms in total. The highest BCUT2D eigenvalue weighted by molar-refractivity contribution is 5.35. The van der Waals surface area contributed by atoms with Crippen LogP contribution < -0.4 is 4.90 Å². The first-order valence-electron chi connectivity index (χ1n) is 5.09. The lowest BCUT2D eigenvalue weighted by molar-refractivity contribution is 0.418. The van der Waals surface area contributed by atoms with Gasteiger partial charge in [0.25, 0.3) is 0 Å². The van der Waals surface area contributed by atoms with Crippen LogP contribution in [0.15, 0.2) is 12.3 Å². The van der Waals surface area contributed by atoms with Crippen molar-refractivity contribution in [3.05, 3.63) is 18.0 Å². The van der Waals surface area contributed by atoms with Gasteiger partial charge in [-0.3, -0.25) is 0 Å². The van der Waals surface area contributed by atoms with E-state index in [0.717, 1.165) is 19.5 Å². The number of nitrogens with zero attached hydrogens (tertiary/aromatic N) is 4. The van der Waals surface area contributed by atoms with Crippen molar-refractivity contribution in [2.75, 3.05) is 18.0 Å². The van der Waals surface area contributed by atoms with E-state index < -0.39 is 0 Å². The minimum absolute atomic E-state index is 0.325. The lowest BCUT2D eigenvalue weighted by Gasteiger charge is -2.19. The number of aromatic nitrogens is 2. The molecule has 1 aliphatic rings. The molecule has 15 heavy (non-hydrogen) atoms. The molecule has 0 spiro atoms. The van der Waals surface area contributed by atoms with E-state index in [4.69, 9.17) is 5.26 Å². The Hall–Kier alpha value is -1.63. The summed E-state index contributed by atoms with van der Waals surface area (Å²) in [4.78, 5) is 10.5. The number of rotatable bonds is 1. The highest BCUT2D eigenvalue weighted by Gasteiger charge is 2.30. The fraction of sp³-hybridized carbons (Fsp3) is 0.545. The number of hydrogen-bond acceptors (Lipinski definition) is 4.